The molecule has 0 spiro atoms. The van der Waals surface area contributed by atoms with Crippen LogP contribution in [-0.2, 0) is 0 Å². The van der Waals surface area contributed by atoms with Crippen LogP contribution in [0.25, 0.3) is 12.2 Å². The van der Waals surface area contributed by atoms with Gasteiger partial charge in [0.05, 0.1) is 11.6 Å². The number of hydrogen-bond acceptors (Lipinski definition) is 4. The number of fused-ring (bicyclic) bond motifs is 1. The highest BCUT2D eigenvalue weighted by molar-refractivity contribution is 7.97. The molecule has 0 aliphatic heterocycles. The summed E-state index contributed by atoms with van der Waals surface area (Å²) < 4.78 is 29.0. The first kappa shape index (κ1) is 24.1. The van der Waals surface area contributed by atoms with Crippen molar-refractivity contribution >= 4 is 35.7 Å². The molecule has 0 amide bonds. The molecule has 4 nitrogen and oxygen atoms in total. The molecule has 0 unspecified atom stereocenters. The lowest BCUT2D eigenvalue weighted by molar-refractivity contribution is 0.340. The largest absolute Gasteiger partial charge is 0.344 e. The fourth-order valence-corrected chi connectivity index (χ4v) is 3.56. The number of hydrogen-bond donors (Lipinski definition) is 1. The Balaban J connectivity index is 0.000000216. The van der Waals surface area contributed by atoms with Crippen molar-refractivity contribution in [3.63, 3.8) is 0 Å². The number of rotatable bonds is 6. The van der Waals surface area contributed by atoms with Crippen molar-refractivity contribution in [1.82, 2.24) is 14.3 Å². The van der Waals surface area contributed by atoms with E-state index >= 15 is 0 Å². The number of alkyl halides is 2. The molecular formula is C22H25ClF2N4S. The maximum Gasteiger partial charge on any atom is 0.108 e. The highest BCUT2D eigenvalue weighted by Gasteiger charge is 2.09. The molecule has 2 aromatic heterocycles. The predicted molar refractivity (Wildman–Crippen MR) is 120 cm³/mol. The monoisotopic (exact) mass is 450 g/mol. The highest BCUT2D eigenvalue weighted by atomic mass is 35.5. The fraction of sp³-hybridized carbons (Fsp3) is 0.364. The Morgan fingerprint density at radius 2 is 2.03 bits per heavy atom. The van der Waals surface area contributed by atoms with Crippen LogP contribution in [0.3, 0.4) is 0 Å². The predicted octanol–water partition coefficient (Wildman–Crippen LogP) is 4.32. The molecule has 8 heteroatoms. The van der Waals surface area contributed by atoms with E-state index in [9.17, 15) is 8.78 Å². The van der Waals surface area contributed by atoms with Gasteiger partial charge in [0.1, 0.15) is 19.4 Å². The number of aromatic nitrogens is 2. The van der Waals surface area contributed by atoms with Gasteiger partial charge in [-0.15, -0.1) is 0 Å². The van der Waals surface area contributed by atoms with E-state index in [1.165, 1.54) is 11.9 Å². The Morgan fingerprint density at radius 3 is 2.60 bits per heavy atom. The number of aryl methyl sites for hydroxylation is 1. The molecule has 0 bridgehead atoms. The van der Waals surface area contributed by atoms with Crippen LogP contribution >= 0.6 is 23.5 Å². The van der Waals surface area contributed by atoms with E-state index in [1.807, 2.05) is 37.4 Å². The molecule has 3 rings (SSSR count). The summed E-state index contributed by atoms with van der Waals surface area (Å²) in [4.78, 5) is 4.91. The molecule has 0 aromatic carbocycles. The van der Waals surface area contributed by atoms with E-state index in [0.717, 1.165) is 27.6 Å². The SMILES string of the molecule is CC(C)n1cc(C#N)c2c1=CCC=C(Cl)C=2.Cc1ccc(SNC(CF)CF)cn1. The van der Waals surface area contributed by atoms with Gasteiger partial charge in [0.25, 0.3) is 0 Å². The molecule has 1 N–H and O–H groups in total. The van der Waals surface area contributed by atoms with E-state index < -0.39 is 19.4 Å². The third-order valence-corrected chi connectivity index (χ3v) is 5.49. The summed E-state index contributed by atoms with van der Waals surface area (Å²) in [6, 6.07) is 5.54. The molecular weight excluding hydrogens is 426 g/mol. The summed E-state index contributed by atoms with van der Waals surface area (Å²) in [6.45, 7) is 4.68. The number of nitriles is 1. The molecule has 2 heterocycles. The maximum absolute atomic E-state index is 12.1. The fourth-order valence-electron chi connectivity index (χ4n) is 2.69. The molecule has 0 saturated carbocycles. The second-order valence-electron chi connectivity index (χ2n) is 6.99. The zero-order chi connectivity index (χ0) is 22.1. The minimum Gasteiger partial charge on any atom is -0.344 e. The summed E-state index contributed by atoms with van der Waals surface area (Å²) >= 11 is 7.23. The van der Waals surface area contributed by atoms with Crippen LogP contribution in [0.4, 0.5) is 8.78 Å². The van der Waals surface area contributed by atoms with E-state index in [-0.39, 0.29) is 0 Å². The molecule has 0 atom stereocenters. The molecule has 0 fully saturated rings. The average Bonchev–Trinajstić information content (AvgIpc) is 2.96. The van der Waals surface area contributed by atoms with Crippen LogP contribution in [0.15, 0.2) is 40.5 Å². The van der Waals surface area contributed by atoms with Gasteiger partial charge in [-0.2, -0.15) is 5.26 Å². The van der Waals surface area contributed by atoms with Crippen molar-refractivity contribution < 1.29 is 8.78 Å². The third-order valence-electron chi connectivity index (χ3n) is 4.30. The molecule has 2 aromatic rings. The van der Waals surface area contributed by atoms with Gasteiger partial charge >= 0.3 is 0 Å². The Morgan fingerprint density at radius 1 is 1.30 bits per heavy atom. The van der Waals surface area contributed by atoms with Gasteiger partial charge in [-0.05, 0) is 57.3 Å². The van der Waals surface area contributed by atoms with Crippen molar-refractivity contribution in [1.29, 1.82) is 5.26 Å². The highest BCUT2D eigenvalue weighted by Crippen LogP contribution is 2.14. The normalized spacial score (nSPS) is 12.7. The molecule has 0 saturated heterocycles. The van der Waals surface area contributed by atoms with E-state index in [4.69, 9.17) is 16.9 Å². The van der Waals surface area contributed by atoms with Crippen LogP contribution in [0.5, 0.6) is 0 Å². The van der Waals surface area contributed by atoms with Gasteiger partial charge < -0.3 is 4.57 Å². The zero-order valence-corrected chi connectivity index (χ0v) is 18.8. The standard InChI is InChI=1S/C13H13ClN2.C9H12F2N2S/c1-9(2)16-8-10(7-15)12-6-11(14)4-3-5-13(12)16;1-7-2-3-9(6-12-7)14-13-8(4-10)5-11/h4-6,8-9H,3H2,1-2H3;2-3,6,8,13H,4-5H2,1H3. The van der Waals surface area contributed by atoms with Crippen molar-refractivity contribution in [3.8, 4) is 6.07 Å². The Labute approximate surface area is 185 Å². The topological polar surface area (TPSA) is 53.6 Å². The number of allylic oxidation sites excluding steroid dienone is 2. The lowest BCUT2D eigenvalue weighted by Crippen LogP contribution is -2.30. The molecule has 160 valence electrons. The van der Waals surface area contributed by atoms with Gasteiger partial charge in [0.2, 0.25) is 0 Å². The summed E-state index contributed by atoms with van der Waals surface area (Å²) in [6.07, 6.45) is 10.3. The molecule has 1 aliphatic rings. The summed E-state index contributed by atoms with van der Waals surface area (Å²) in [5, 5.41) is 11.8. The molecule has 30 heavy (non-hydrogen) atoms. The Kier molecular flexibility index (Phi) is 9.57. The minimum atomic E-state index is -0.735. The number of pyridine rings is 1. The second kappa shape index (κ2) is 11.9. The minimum absolute atomic E-state index is 0.345. The van der Waals surface area contributed by atoms with Gasteiger partial charge in [0, 0.05) is 44.6 Å². The first-order chi connectivity index (χ1) is 14.4. The van der Waals surface area contributed by atoms with E-state index in [0.29, 0.717) is 16.6 Å². The summed E-state index contributed by atoms with van der Waals surface area (Å²) in [7, 11) is 0. The third kappa shape index (κ3) is 6.69. The molecule has 0 radical (unpaired) electrons. The number of halogens is 3. The van der Waals surface area contributed by atoms with Crippen LogP contribution in [0.2, 0.25) is 0 Å². The lowest BCUT2D eigenvalue weighted by atomic mass is 10.2. The Bertz CT molecular complexity index is 1020. The van der Waals surface area contributed by atoms with Crippen LogP contribution in [-0.4, -0.2) is 28.9 Å². The van der Waals surface area contributed by atoms with Gasteiger partial charge in [0.15, 0.2) is 0 Å². The number of nitrogens with one attached hydrogen (secondary N) is 1. The van der Waals surface area contributed by atoms with Crippen molar-refractivity contribution in [2.75, 3.05) is 13.3 Å². The van der Waals surface area contributed by atoms with Gasteiger partial charge in [-0.3, -0.25) is 9.71 Å². The van der Waals surface area contributed by atoms with Gasteiger partial charge in [-0.25, -0.2) is 8.78 Å². The first-order valence-corrected chi connectivity index (χ1v) is 10.7. The van der Waals surface area contributed by atoms with Crippen LogP contribution in [0.1, 0.15) is 37.6 Å². The van der Waals surface area contributed by atoms with E-state index in [2.05, 4.69) is 40.3 Å². The second-order valence-corrected chi connectivity index (χ2v) is 8.34. The van der Waals surface area contributed by atoms with Crippen molar-refractivity contribution in [3.05, 3.63) is 57.5 Å². The lowest BCUT2D eigenvalue weighted by Gasteiger charge is -2.09. The number of nitrogens with zero attached hydrogens (tertiary/aromatic N) is 3. The maximum atomic E-state index is 12.1. The van der Waals surface area contributed by atoms with E-state index in [1.54, 1.807) is 6.20 Å². The first-order valence-electron chi connectivity index (χ1n) is 9.55. The summed E-state index contributed by atoms with van der Waals surface area (Å²) in [5.41, 5.74) is 1.61. The average molecular weight is 451 g/mol. The van der Waals surface area contributed by atoms with Gasteiger partial charge in [-0.1, -0.05) is 23.8 Å². The molecule has 1 aliphatic carbocycles. The van der Waals surface area contributed by atoms with Crippen LogP contribution < -0.4 is 15.3 Å². The summed E-state index contributed by atoms with van der Waals surface area (Å²) in [5.74, 6) is 0. The zero-order valence-electron chi connectivity index (χ0n) is 17.2. The van der Waals surface area contributed by atoms with Crippen molar-refractivity contribution in [2.45, 2.75) is 44.2 Å². The smallest absolute Gasteiger partial charge is 0.108 e. The van der Waals surface area contributed by atoms with Crippen LogP contribution in [0, 0.1) is 18.3 Å². The quantitative estimate of drug-likeness (QED) is 0.666. The Hall–Kier alpha value is -2.14. The van der Waals surface area contributed by atoms with Crippen molar-refractivity contribution in [2.24, 2.45) is 0 Å².